The number of anilines is 1. The molecule has 162 valence electrons. The molecule has 1 saturated heterocycles. The molecule has 0 radical (unpaired) electrons. The lowest BCUT2D eigenvalue weighted by atomic mass is 10.1. The molecule has 1 N–H and O–H groups in total. The Morgan fingerprint density at radius 2 is 1.90 bits per heavy atom. The Hall–Kier alpha value is -2.29. The highest BCUT2D eigenvalue weighted by Crippen LogP contribution is 2.20. The number of hydrogen-bond donors (Lipinski definition) is 1. The van der Waals surface area contributed by atoms with E-state index in [1.165, 1.54) is 22.7 Å². The molecule has 1 aromatic heterocycles. The van der Waals surface area contributed by atoms with E-state index in [4.69, 9.17) is 4.98 Å². The molecule has 1 fully saturated rings. The Labute approximate surface area is 195 Å². The summed E-state index contributed by atoms with van der Waals surface area (Å²) in [7, 11) is 0. The summed E-state index contributed by atoms with van der Waals surface area (Å²) < 4.78 is 5.47. The average molecular weight is 500 g/mol. The van der Waals surface area contributed by atoms with Gasteiger partial charge in [-0.25, -0.2) is 4.98 Å². The number of halogens is 1. The lowest BCUT2D eigenvalue weighted by Gasteiger charge is -2.34. The lowest BCUT2D eigenvalue weighted by Crippen LogP contribution is -2.48. The third-order valence-corrected chi connectivity index (χ3v) is 6.69. The van der Waals surface area contributed by atoms with Crippen molar-refractivity contribution in [3.8, 4) is 0 Å². The van der Waals surface area contributed by atoms with Crippen LogP contribution in [0.3, 0.4) is 0 Å². The molecule has 0 aliphatic carbocycles. The molecule has 0 spiro atoms. The Balaban J connectivity index is 1.20. The van der Waals surface area contributed by atoms with Gasteiger partial charge in [-0.3, -0.25) is 9.69 Å². The summed E-state index contributed by atoms with van der Waals surface area (Å²) in [6.45, 7) is 7.36. The third-order valence-electron chi connectivity index (χ3n) is 5.38. The highest BCUT2D eigenvalue weighted by molar-refractivity contribution is 9.10. The third kappa shape index (κ3) is 6.12. The van der Waals surface area contributed by atoms with Crippen molar-refractivity contribution in [2.75, 3.05) is 44.2 Å². The smallest absolute Gasteiger partial charge is 0.251 e. The predicted octanol–water partition coefficient (Wildman–Crippen LogP) is 3.75. The molecular formula is C23H26BrN5OS. The zero-order valence-electron chi connectivity index (χ0n) is 17.6. The fourth-order valence-corrected chi connectivity index (χ4v) is 4.69. The maximum absolute atomic E-state index is 12.3. The zero-order valence-corrected chi connectivity index (χ0v) is 20.0. The topological polar surface area (TPSA) is 61.4 Å². The highest BCUT2D eigenvalue weighted by Gasteiger charge is 2.20. The van der Waals surface area contributed by atoms with Crippen molar-refractivity contribution in [1.82, 2.24) is 19.6 Å². The fourth-order valence-electron chi connectivity index (χ4n) is 3.56. The van der Waals surface area contributed by atoms with Gasteiger partial charge in [0.05, 0.1) is 0 Å². The first kappa shape index (κ1) is 21.9. The van der Waals surface area contributed by atoms with Crippen LogP contribution >= 0.6 is 27.5 Å². The van der Waals surface area contributed by atoms with E-state index in [1.807, 2.05) is 24.3 Å². The van der Waals surface area contributed by atoms with Crippen LogP contribution in [0.5, 0.6) is 0 Å². The van der Waals surface area contributed by atoms with Gasteiger partial charge < -0.3 is 10.2 Å². The number of aryl methyl sites for hydroxylation is 1. The minimum Gasteiger partial charge on any atom is -0.351 e. The van der Waals surface area contributed by atoms with Crippen molar-refractivity contribution in [3.05, 3.63) is 75.5 Å². The van der Waals surface area contributed by atoms with Crippen molar-refractivity contribution >= 4 is 38.5 Å². The molecule has 4 rings (SSSR count). The van der Waals surface area contributed by atoms with E-state index < -0.39 is 0 Å². The second-order valence-electron chi connectivity index (χ2n) is 7.75. The van der Waals surface area contributed by atoms with Gasteiger partial charge in [0, 0.05) is 67.3 Å². The number of aromatic nitrogens is 2. The van der Waals surface area contributed by atoms with Crippen LogP contribution in [0.2, 0.25) is 0 Å². The van der Waals surface area contributed by atoms with Crippen LogP contribution in [0.4, 0.5) is 5.13 Å². The summed E-state index contributed by atoms with van der Waals surface area (Å²) in [6, 6.07) is 16.0. The molecule has 3 aromatic rings. The maximum Gasteiger partial charge on any atom is 0.251 e. The number of nitrogens with zero attached hydrogens (tertiary/aromatic N) is 4. The molecule has 0 unspecified atom stereocenters. The standard InChI is InChI=1S/C23H26BrN5OS/c1-17-5-7-18(8-6-17)15-21-26-23(31-27-21)29-13-11-28(12-14-29)10-9-25-22(30)19-3-2-4-20(24)16-19/h2-8,16H,9-15H2,1H3,(H,25,30). The van der Waals surface area contributed by atoms with Crippen LogP contribution in [0.15, 0.2) is 53.0 Å². The van der Waals surface area contributed by atoms with Gasteiger partial charge in [0.15, 0.2) is 0 Å². The zero-order chi connectivity index (χ0) is 21.6. The Morgan fingerprint density at radius 3 is 2.65 bits per heavy atom. The van der Waals surface area contributed by atoms with Crippen LogP contribution in [0, 0.1) is 6.92 Å². The highest BCUT2D eigenvalue weighted by atomic mass is 79.9. The van der Waals surface area contributed by atoms with Gasteiger partial charge in [0.2, 0.25) is 5.13 Å². The molecular weight excluding hydrogens is 474 g/mol. The van der Waals surface area contributed by atoms with Gasteiger partial charge in [-0.15, -0.1) is 0 Å². The molecule has 2 heterocycles. The van der Waals surface area contributed by atoms with E-state index in [0.29, 0.717) is 12.1 Å². The van der Waals surface area contributed by atoms with Crippen LogP contribution < -0.4 is 10.2 Å². The number of piperazine rings is 1. The van der Waals surface area contributed by atoms with Crippen LogP contribution in [-0.2, 0) is 6.42 Å². The van der Waals surface area contributed by atoms with Gasteiger partial charge in [0.25, 0.3) is 5.91 Å². The van der Waals surface area contributed by atoms with Gasteiger partial charge in [-0.05, 0) is 30.7 Å². The number of amides is 1. The summed E-state index contributed by atoms with van der Waals surface area (Å²) in [4.78, 5) is 21.7. The van der Waals surface area contributed by atoms with Crippen molar-refractivity contribution in [3.63, 3.8) is 0 Å². The van der Waals surface area contributed by atoms with Gasteiger partial charge in [-0.2, -0.15) is 4.37 Å². The van der Waals surface area contributed by atoms with Gasteiger partial charge in [0.1, 0.15) is 5.82 Å². The minimum atomic E-state index is -0.0325. The average Bonchev–Trinajstić information content (AvgIpc) is 3.24. The quantitative estimate of drug-likeness (QED) is 0.536. The monoisotopic (exact) mass is 499 g/mol. The first-order valence-electron chi connectivity index (χ1n) is 10.5. The predicted molar refractivity (Wildman–Crippen MR) is 129 cm³/mol. The van der Waals surface area contributed by atoms with Crippen LogP contribution in [-0.4, -0.2) is 59.4 Å². The molecule has 8 heteroatoms. The first-order valence-corrected chi connectivity index (χ1v) is 12.0. The molecule has 6 nitrogen and oxygen atoms in total. The molecule has 1 amide bonds. The van der Waals surface area contributed by atoms with E-state index in [-0.39, 0.29) is 5.91 Å². The van der Waals surface area contributed by atoms with E-state index in [9.17, 15) is 4.79 Å². The second-order valence-corrected chi connectivity index (χ2v) is 9.40. The maximum atomic E-state index is 12.3. The van der Waals surface area contributed by atoms with E-state index in [1.54, 1.807) is 0 Å². The van der Waals surface area contributed by atoms with Crippen molar-refractivity contribution in [2.24, 2.45) is 0 Å². The molecule has 1 aliphatic rings. The number of nitrogens with one attached hydrogen (secondary N) is 1. The normalized spacial score (nSPS) is 14.6. The van der Waals surface area contributed by atoms with Crippen LogP contribution in [0.25, 0.3) is 0 Å². The number of hydrogen-bond acceptors (Lipinski definition) is 6. The summed E-state index contributed by atoms with van der Waals surface area (Å²) in [5.41, 5.74) is 3.18. The lowest BCUT2D eigenvalue weighted by molar-refractivity contribution is 0.0947. The Kier molecular flexibility index (Phi) is 7.32. The molecule has 0 bridgehead atoms. The second kappa shape index (κ2) is 10.3. The Morgan fingerprint density at radius 1 is 1.13 bits per heavy atom. The molecule has 0 saturated carbocycles. The fraction of sp³-hybridized carbons (Fsp3) is 0.348. The van der Waals surface area contributed by atoms with Crippen molar-refractivity contribution in [2.45, 2.75) is 13.3 Å². The largest absolute Gasteiger partial charge is 0.351 e. The Bertz CT molecular complexity index is 1010. The summed E-state index contributed by atoms with van der Waals surface area (Å²) in [6.07, 6.45) is 0.772. The number of rotatable bonds is 7. The number of benzene rings is 2. The molecule has 2 aromatic carbocycles. The number of carbonyl (C=O) groups excluding carboxylic acids is 1. The van der Waals surface area contributed by atoms with E-state index in [2.05, 4.69) is 66.6 Å². The molecule has 0 atom stereocenters. The minimum absolute atomic E-state index is 0.0325. The molecule has 31 heavy (non-hydrogen) atoms. The summed E-state index contributed by atoms with van der Waals surface area (Å²) >= 11 is 4.89. The van der Waals surface area contributed by atoms with Gasteiger partial charge >= 0.3 is 0 Å². The van der Waals surface area contributed by atoms with E-state index >= 15 is 0 Å². The van der Waals surface area contributed by atoms with Crippen molar-refractivity contribution < 1.29 is 4.79 Å². The van der Waals surface area contributed by atoms with Gasteiger partial charge in [-0.1, -0.05) is 51.8 Å². The SMILES string of the molecule is Cc1ccc(Cc2nsc(N3CCN(CCNC(=O)c4cccc(Br)c4)CC3)n2)cc1. The summed E-state index contributed by atoms with van der Waals surface area (Å²) in [5, 5.41) is 4.02. The number of carbonyl (C=O) groups is 1. The van der Waals surface area contributed by atoms with E-state index in [0.717, 1.165) is 54.6 Å². The van der Waals surface area contributed by atoms with Crippen molar-refractivity contribution in [1.29, 1.82) is 0 Å². The first-order chi connectivity index (χ1) is 15.1. The molecule has 1 aliphatic heterocycles. The summed E-state index contributed by atoms with van der Waals surface area (Å²) in [5.74, 6) is 0.858. The van der Waals surface area contributed by atoms with Crippen LogP contribution in [0.1, 0.15) is 27.3 Å².